The monoisotopic (exact) mass is 664 g/mol. The van der Waals surface area contributed by atoms with Crippen LogP contribution in [0, 0.1) is 16.2 Å². The van der Waals surface area contributed by atoms with Gasteiger partial charge in [-0.05, 0) is 87.6 Å². The molecule has 1 aliphatic heterocycles. The quantitative estimate of drug-likeness (QED) is 0.125. The Morgan fingerprint density at radius 1 is 0.681 bits per heavy atom. The van der Waals surface area contributed by atoms with E-state index >= 15 is 0 Å². The molecular weight excluding hydrogens is 608 g/mol. The van der Waals surface area contributed by atoms with Gasteiger partial charge in [0.25, 0.3) is 0 Å². The van der Waals surface area contributed by atoms with Gasteiger partial charge in [0.15, 0.2) is 18.5 Å². The van der Waals surface area contributed by atoms with E-state index in [1.54, 1.807) is 69.2 Å². The van der Waals surface area contributed by atoms with Crippen molar-refractivity contribution in [3.05, 3.63) is 35.9 Å². The number of ether oxygens (including phenoxy) is 7. The summed E-state index contributed by atoms with van der Waals surface area (Å²) >= 11 is 0. The van der Waals surface area contributed by atoms with Crippen molar-refractivity contribution in [2.24, 2.45) is 16.2 Å². The minimum Gasteiger partial charge on any atom is -0.466 e. The van der Waals surface area contributed by atoms with Crippen LogP contribution in [-0.4, -0.2) is 74.4 Å². The van der Waals surface area contributed by atoms with Crippen LogP contribution in [0.4, 0.5) is 0 Å². The molecule has 1 aromatic carbocycles. The summed E-state index contributed by atoms with van der Waals surface area (Å²) in [5.74, 6) is -1.78. The molecule has 1 saturated heterocycles. The van der Waals surface area contributed by atoms with E-state index in [1.807, 2.05) is 30.3 Å². The van der Waals surface area contributed by atoms with Crippen molar-refractivity contribution in [1.29, 1.82) is 0 Å². The molecule has 0 aromatic heterocycles. The van der Waals surface area contributed by atoms with Gasteiger partial charge in [-0.15, -0.1) is 0 Å². The van der Waals surface area contributed by atoms with Crippen LogP contribution in [0.5, 0.6) is 0 Å². The van der Waals surface area contributed by atoms with Crippen molar-refractivity contribution in [1.82, 2.24) is 0 Å². The van der Waals surface area contributed by atoms with E-state index in [4.69, 9.17) is 33.2 Å². The summed E-state index contributed by atoms with van der Waals surface area (Å²) in [5, 5.41) is 0. The van der Waals surface area contributed by atoms with E-state index in [1.165, 1.54) is 0 Å². The zero-order valence-electron chi connectivity index (χ0n) is 29.9. The molecule has 11 nitrogen and oxygen atoms in total. The summed E-state index contributed by atoms with van der Waals surface area (Å²) in [4.78, 5) is 51.1. The number of hydrogen-bond donors (Lipinski definition) is 0. The van der Waals surface area contributed by atoms with E-state index in [9.17, 15) is 19.2 Å². The van der Waals surface area contributed by atoms with Crippen LogP contribution < -0.4 is 0 Å². The van der Waals surface area contributed by atoms with E-state index in [2.05, 4.69) is 0 Å². The zero-order valence-corrected chi connectivity index (χ0v) is 29.9. The van der Waals surface area contributed by atoms with Crippen molar-refractivity contribution < 1.29 is 52.3 Å². The Morgan fingerprint density at radius 3 is 1.81 bits per heavy atom. The molecule has 0 N–H and O–H groups in total. The van der Waals surface area contributed by atoms with Crippen LogP contribution >= 0.6 is 0 Å². The molecule has 0 aliphatic carbocycles. The Labute approximate surface area is 280 Å². The second-order valence-corrected chi connectivity index (χ2v) is 14.9. The smallest absolute Gasteiger partial charge is 0.311 e. The molecule has 0 unspecified atom stereocenters. The summed E-state index contributed by atoms with van der Waals surface area (Å²) in [6.07, 6.45) is -3.27. The van der Waals surface area contributed by atoms with Crippen LogP contribution in [0.3, 0.4) is 0 Å². The Kier molecular flexibility index (Phi) is 15.3. The Bertz CT molecular complexity index is 1140. The first-order valence-corrected chi connectivity index (χ1v) is 16.5. The van der Waals surface area contributed by atoms with Gasteiger partial charge in [-0.2, -0.15) is 0 Å². The lowest BCUT2D eigenvalue weighted by Crippen LogP contribution is -2.63. The summed E-state index contributed by atoms with van der Waals surface area (Å²) < 4.78 is 41.8. The van der Waals surface area contributed by atoms with Crippen LogP contribution in [0.25, 0.3) is 0 Å². The van der Waals surface area contributed by atoms with Crippen LogP contribution in [-0.2, 0) is 58.9 Å². The molecule has 266 valence electrons. The van der Waals surface area contributed by atoms with Crippen LogP contribution in [0.2, 0.25) is 0 Å². The number of rotatable bonds is 15. The summed E-state index contributed by atoms with van der Waals surface area (Å²) in [6, 6.07) is 9.41. The average molecular weight is 665 g/mol. The summed E-state index contributed by atoms with van der Waals surface area (Å²) in [5.41, 5.74) is -1.71. The molecule has 1 heterocycles. The first-order valence-electron chi connectivity index (χ1n) is 16.5. The molecule has 1 aliphatic rings. The Morgan fingerprint density at radius 2 is 1.26 bits per heavy atom. The molecule has 1 aromatic rings. The number of carbonyl (C=O) groups excluding carboxylic acids is 4. The molecular formula is C36H56O11. The van der Waals surface area contributed by atoms with Crippen LogP contribution in [0.15, 0.2) is 30.3 Å². The van der Waals surface area contributed by atoms with Gasteiger partial charge in [0.1, 0.15) is 18.8 Å². The molecule has 11 heteroatoms. The van der Waals surface area contributed by atoms with Gasteiger partial charge in [-0.1, -0.05) is 36.8 Å². The van der Waals surface area contributed by atoms with Crippen molar-refractivity contribution in [2.45, 2.75) is 132 Å². The maximum atomic E-state index is 13.3. The predicted octanol–water partition coefficient (Wildman–Crippen LogP) is 5.94. The number of unbranched alkanes of at least 4 members (excludes halogenated alkanes) is 2. The minimum absolute atomic E-state index is 0.105. The van der Waals surface area contributed by atoms with Crippen molar-refractivity contribution in [3.63, 3.8) is 0 Å². The fourth-order valence-electron chi connectivity index (χ4n) is 4.33. The molecule has 47 heavy (non-hydrogen) atoms. The van der Waals surface area contributed by atoms with Gasteiger partial charge < -0.3 is 33.2 Å². The Hall–Kier alpha value is -3.02. The van der Waals surface area contributed by atoms with Crippen molar-refractivity contribution in [3.8, 4) is 0 Å². The zero-order chi connectivity index (χ0) is 35.4. The maximum Gasteiger partial charge on any atom is 0.311 e. The molecule has 2 rings (SSSR count). The van der Waals surface area contributed by atoms with Gasteiger partial charge >= 0.3 is 23.9 Å². The molecule has 0 spiro atoms. The third-order valence-corrected chi connectivity index (χ3v) is 7.19. The lowest BCUT2D eigenvalue weighted by Gasteiger charge is -2.45. The minimum atomic E-state index is -1.14. The Balaban J connectivity index is 2.46. The van der Waals surface area contributed by atoms with Gasteiger partial charge in [0, 0.05) is 13.0 Å². The first-order chi connectivity index (χ1) is 21.8. The fourth-order valence-corrected chi connectivity index (χ4v) is 4.33. The highest BCUT2D eigenvalue weighted by Crippen LogP contribution is 2.34. The van der Waals surface area contributed by atoms with E-state index in [0.29, 0.717) is 32.3 Å². The maximum absolute atomic E-state index is 13.3. The van der Waals surface area contributed by atoms with Gasteiger partial charge in [0.2, 0.25) is 0 Å². The van der Waals surface area contributed by atoms with Crippen molar-refractivity contribution in [2.75, 3.05) is 19.8 Å². The highest BCUT2D eigenvalue weighted by molar-refractivity contribution is 5.77. The van der Waals surface area contributed by atoms with E-state index < -0.39 is 64.9 Å². The molecule has 1 fully saturated rings. The number of benzene rings is 1. The molecule has 0 bridgehead atoms. The van der Waals surface area contributed by atoms with E-state index in [0.717, 1.165) is 5.56 Å². The number of carbonyl (C=O) groups is 4. The standard InChI is InChI=1S/C36H56O11/c1-11-41-26(37)20-16-13-17-21-42-30-29(47-33(40)36(8,9)10)28(43-22-24-18-14-12-15-19-24)27(46-32(39)35(5,6)7)25(45-30)23-44-31(38)34(2,3)4/h12,14-15,18-19,25,27-30H,11,13,16-17,20-23H2,1-10H3/t25-,27+,28+,29-,30-/m1/s1. The lowest BCUT2D eigenvalue weighted by molar-refractivity contribution is -0.316. The topological polar surface area (TPSA) is 133 Å². The first kappa shape index (κ1) is 40.2. The SMILES string of the molecule is CCOC(=O)CCCCCO[C@@H]1O[C@H](COC(=O)C(C)(C)C)[C@H](OC(=O)C(C)(C)C)[C@H](OCc2ccccc2)[C@H]1OC(=O)C(C)(C)C. The lowest BCUT2D eigenvalue weighted by atomic mass is 9.94. The molecule has 0 radical (unpaired) electrons. The highest BCUT2D eigenvalue weighted by atomic mass is 16.7. The second kappa shape index (κ2) is 17.9. The average Bonchev–Trinajstić information content (AvgIpc) is 2.97. The van der Waals surface area contributed by atoms with Crippen LogP contribution in [0.1, 0.15) is 100 Å². The number of esters is 4. The molecule has 0 saturated carbocycles. The third-order valence-electron chi connectivity index (χ3n) is 7.19. The fraction of sp³-hybridized carbons (Fsp3) is 0.722. The predicted molar refractivity (Wildman–Crippen MR) is 174 cm³/mol. The summed E-state index contributed by atoms with van der Waals surface area (Å²) in [7, 11) is 0. The third kappa shape index (κ3) is 13.6. The number of hydrogen-bond acceptors (Lipinski definition) is 11. The molecule has 5 atom stereocenters. The van der Waals surface area contributed by atoms with Gasteiger partial charge in [0.05, 0.1) is 29.5 Å². The normalized spacial score (nSPS) is 21.9. The molecule has 0 amide bonds. The largest absolute Gasteiger partial charge is 0.466 e. The van der Waals surface area contributed by atoms with E-state index in [-0.39, 0.29) is 25.8 Å². The summed E-state index contributed by atoms with van der Waals surface area (Å²) in [6.45, 7) is 17.7. The highest BCUT2D eigenvalue weighted by Gasteiger charge is 2.53. The van der Waals surface area contributed by atoms with Gasteiger partial charge in [-0.3, -0.25) is 19.2 Å². The van der Waals surface area contributed by atoms with Gasteiger partial charge in [-0.25, -0.2) is 0 Å². The second-order valence-electron chi connectivity index (χ2n) is 14.9. The van der Waals surface area contributed by atoms with Crippen molar-refractivity contribution >= 4 is 23.9 Å².